The number of aromatic nitrogens is 4. The Balaban J connectivity index is 0.957. The lowest BCUT2D eigenvalue weighted by atomic mass is 9.48. The molecule has 4 saturated carbocycles. The Morgan fingerprint density at radius 1 is 0.400 bits per heavy atom. The van der Waals surface area contributed by atoms with Crippen LogP contribution in [0.5, 0.6) is 0 Å². The van der Waals surface area contributed by atoms with Crippen LogP contribution in [0.2, 0.25) is 0 Å². The lowest BCUT2D eigenvalue weighted by Crippen LogP contribution is -2.48. The van der Waals surface area contributed by atoms with Gasteiger partial charge >= 0.3 is 0 Å². The minimum atomic E-state index is 0.347. The summed E-state index contributed by atoms with van der Waals surface area (Å²) in [5.41, 5.74) is 11.4. The Bertz CT molecular complexity index is 3100. The molecule has 14 rings (SSSR count). The summed E-state index contributed by atoms with van der Waals surface area (Å²) in [5.74, 6) is 3.72. The fraction of sp³-hybridized carbons (Fsp3) is 0.196. The van der Waals surface area contributed by atoms with Gasteiger partial charge in [-0.05, 0) is 128 Å². The number of hydrogen-bond donors (Lipinski definition) is 0. The highest BCUT2D eigenvalue weighted by Crippen LogP contribution is 2.61. The maximum atomic E-state index is 5.28. The molecule has 4 aromatic heterocycles. The molecule has 4 heteroatoms. The number of fused-ring (bicyclic) bond motifs is 9. The minimum absolute atomic E-state index is 0.347. The average molecular weight is 709 g/mol. The van der Waals surface area contributed by atoms with E-state index in [1.54, 1.807) is 5.56 Å². The lowest BCUT2D eigenvalue weighted by molar-refractivity contribution is -0.00513. The zero-order valence-electron chi connectivity index (χ0n) is 30.7. The van der Waals surface area contributed by atoms with E-state index in [1.807, 2.05) is 0 Å². The van der Waals surface area contributed by atoms with Crippen molar-refractivity contribution in [3.05, 3.63) is 157 Å². The molecule has 4 bridgehead atoms. The van der Waals surface area contributed by atoms with E-state index in [2.05, 4.69) is 165 Å². The van der Waals surface area contributed by atoms with Gasteiger partial charge in [-0.1, -0.05) is 84.9 Å². The van der Waals surface area contributed by atoms with Crippen molar-refractivity contribution in [3.63, 3.8) is 0 Å². The molecule has 10 aromatic rings. The van der Waals surface area contributed by atoms with E-state index < -0.39 is 0 Å². The van der Waals surface area contributed by atoms with E-state index in [-0.39, 0.29) is 0 Å². The van der Waals surface area contributed by atoms with Crippen molar-refractivity contribution in [3.8, 4) is 17.2 Å². The predicted octanol–water partition coefficient (Wildman–Crippen LogP) is 12.8. The van der Waals surface area contributed by atoms with Crippen LogP contribution >= 0.6 is 0 Å². The summed E-state index contributed by atoms with van der Waals surface area (Å²) in [5, 5.41) is 7.64. The second kappa shape index (κ2) is 11.0. The first kappa shape index (κ1) is 30.2. The second-order valence-electron chi connectivity index (χ2n) is 17.1. The third-order valence-corrected chi connectivity index (χ3v) is 14.0. The van der Waals surface area contributed by atoms with Gasteiger partial charge in [0.2, 0.25) is 0 Å². The van der Waals surface area contributed by atoms with E-state index in [4.69, 9.17) is 4.98 Å². The summed E-state index contributed by atoms with van der Waals surface area (Å²) >= 11 is 0. The van der Waals surface area contributed by atoms with E-state index >= 15 is 0 Å². The fourth-order valence-corrected chi connectivity index (χ4v) is 12.2. The van der Waals surface area contributed by atoms with E-state index in [0.29, 0.717) is 5.41 Å². The van der Waals surface area contributed by atoms with Crippen LogP contribution in [0.25, 0.3) is 82.6 Å². The number of para-hydroxylation sites is 4. The first-order valence-electron chi connectivity index (χ1n) is 20.2. The molecule has 0 atom stereocenters. The van der Waals surface area contributed by atoms with Gasteiger partial charge in [0.05, 0.1) is 45.0 Å². The Kier molecular flexibility index (Phi) is 6.03. The molecule has 0 saturated heterocycles. The van der Waals surface area contributed by atoms with Crippen LogP contribution in [0.4, 0.5) is 0 Å². The molecule has 4 nitrogen and oxygen atoms in total. The quantitative estimate of drug-likeness (QED) is 0.179. The summed E-state index contributed by atoms with van der Waals surface area (Å²) in [7, 11) is 0. The van der Waals surface area contributed by atoms with Crippen molar-refractivity contribution in [2.75, 3.05) is 0 Å². The Morgan fingerprint density at radius 3 is 1.44 bits per heavy atom. The van der Waals surface area contributed by atoms with E-state index in [0.717, 1.165) is 29.3 Å². The first-order chi connectivity index (χ1) is 27.2. The van der Waals surface area contributed by atoms with Gasteiger partial charge in [0.15, 0.2) is 0 Å². The topological polar surface area (TPSA) is 27.7 Å². The Morgan fingerprint density at radius 2 is 0.873 bits per heavy atom. The molecule has 0 aliphatic heterocycles. The SMILES string of the molecule is c1ccc2c(c1)c1ccccc1n2-c1ccc2c(c1)c1ccccc1n2-c1ccc(-n2c3ccccc3c3ccc(C45CC6CC(CC(C6)C4)C5)cc32)nc1. The zero-order chi connectivity index (χ0) is 35.8. The van der Waals surface area contributed by atoms with Crippen LogP contribution in [0, 0.1) is 17.8 Å². The van der Waals surface area contributed by atoms with Crippen molar-refractivity contribution < 1.29 is 0 Å². The highest BCUT2D eigenvalue weighted by molar-refractivity contribution is 6.12. The van der Waals surface area contributed by atoms with Crippen molar-refractivity contribution in [2.24, 2.45) is 17.8 Å². The predicted molar refractivity (Wildman–Crippen MR) is 227 cm³/mol. The molecule has 6 aromatic carbocycles. The molecule has 55 heavy (non-hydrogen) atoms. The van der Waals surface area contributed by atoms with Gasteiger partial charge in [0, 0.05) is 38.0 Å². The molecular weight excluding hydrogens is 669 g/mol. The summed E-state index contributed by atoms with van der Waals surface area (Å²) in [6.45, 7) is 0. The van der Waals surface area contributed by atoms with E-state index in [9.17, 15) is 0 Å². The molecule has 4 heterocycles. The summed E-state index contributed by atoms with van der Waals surface area (Å²) in [6, 6.07) is 54.0. The van der Waals surface area contributed by atoms with Gasteiger partial charge in [0.1, 0.15) is 5.82 Å². The first-order valence-corrected chi connectivity index (χ1v) is 20.2. The Hall–Kier alpha value is -6.13. The van der Waals surface area contributed by atoms with Crippen LogP contribution in [-0.4, -0.2) is 18.7 Å². The van der Waals surface area contributed by atoms with Crippen molar-refractivity contribution in [2.45, 2.75) is 43.9 Å². The monoisotopic (exact) mass is 708 g/mol. The summed E-state index contributed by atoms with van der Waals surface area (Å²) < 4.78 is 7.21. The molecule has 0 N–H and O–H groups in total. The standard InChI is InChI=1S/C51H40N4/c1-5-13-44-38(9-1)39-10-2-6-14-45(39)53(44)36-18-21-48-43(27-36)41-12-4-7-15-46(41)54(48)37-19-22-50(52-31-37)55-47-16-8-3-11-40(47)42-20-17-35(26-49(42)55)51-28-32-23-33(29-51)25-34(24-32)30-51/h1-22,26-27,31-34H,23-25,28-30H2. The third-order valence-electron chi connectivity index (χ3n) is 14.0. The number of nitrogens with zero attached hydrogens (tertiary/aromatic N) is 4. The van der Waals surface area contributed by atoms with Crippen LogP contribution in [0.3, 0.4) is 0 Å². The van der Waals surface area contributed by atoms with Crippen LogP contribution in [-0.2, 0) is 5.41 Å². The second-order valence-corrected chi connectivity index (χ2v) is 17.1. The Labute approximate surface area is 319 Å². The van der Waals surface area contributed by atoms with Gasteiger partial charge in [-0.15, -0.1) is 0 Å². The van der Waals surface area contributed by atoms with Gasteiger partial charge < -0.3 is 9.13 Å². The average Bonchev–Trinajstić information content (AvgIpc) is 3.86. The maximum Gasteiger partial charge on any atom is 0.137 e. The molecule has 4 aliphatic rings. The molecular formula is C51H40N4. The lowest BCUT2D eigenvalue weighted by Gasteiger charge is -2.57. The molecule has 4 fully saturated rings. The smallest absolute Gasteiger partial charge is 0.137 e. The highest BCUT2D eigenvalue weighted by atomic mass is 15.1. The van der Waals surface area contributed by atoms with Gasteiger partial charge in [-0.25, -0.2) is 4.98 Å². The maximum absolute atomic E-state index is 5.28. The normalized spacial score (nSPS) is 22.0. The fourth-order valence-electron chi connectivity index (χ4n) is 12.2. The van der Waals surface area contributed by atoms with Gasteiger partial charge in [-0.2, -0.15) is 0 Å². The number of pyridine rings is 1. The van der Waals surface area contributed by atoms with Crippen molar-refractivity contribution >= 4 is 65.4 Å². The molecule has 0 amide bonds. The number of benzene rings is 6. The van der Waals surface area contributed by atoms with Gasteiger partial charge in [-0.3, -0.25) is 4.57 Å². The number of hydrogen-bond acceptors (Lipinski definition) is 1. The molecule has 0 unspecified atom stereocenters. The van der Waals surface area contributed by atoms with Crippen LogP contribution in [0.15, 0.2) is 152 Å². The van der Waals surface area contributed by atoms with Gasteiger partial charge in [0.25, 0.3) is 0 Å². The largest absolute Gasteiger partial charge is 0.309 e. The summed E-state index contributed by atoms with van der Waals surface area (Å²) in [4.78, 5) is 5.28. The van der Waals surface area contributed by atoms with Crippen LogP contribution < -0.4 is 0 Å². The molecule has 4 aliphatic carbocycles. The van der Waals surface area contributed by atoms with E-state index in [1.165, 1.54) is 110 Å². The minimum Gasteiger partial charge on any atom is -0.309 e. The summed E-state index contributed by atoms with van der Waals surface area (Å²) in [6.07, 6.45) is 10.6. The molecule has 0 spiro atoms. The van der Waals surface area contributed by atoms with Crippen molar-refractivity contribution in [1.29, 1.82) is 0 Å². The van der Waals surface area contributed by atoms with Crippen molar-refractivity contribution in [1.82, 2.24) is 18.7 Å². The highest BCUT2D eigenvalue weighted by Gasteiger charge is 2.51. The molecule has 264 valence electrons. The third kappa shape index (κ3) is 4.20. The zero-order valence-corrected chi connectivity index (χ0v) is 30.7. The number of rotatable bonds is 4. The van der Waals surface area contributed by atoms with Crippen LogP contribution in [0.1, 0.15) is 44.1 Å². The molecule has 0 radical (unpaired) electrons.